The topological polar surface area (TPSA) is 71.8 Å². The third kappa shape index (κ3) is 4.28. The summed E-state index contributed by atoms with van der Waals surface area (Å²) in [6.07, 6.45) is 1.43. The number of pyridine rings is 1. The summed E-state index contributed by atoms with van der Waals surface area (Å²) in [6.45, 7) is 0.719. The smallest absolute Gasteiger partial charge is 0.323 e. The summed E-state index contributed by atoms with van der Waals surface area (Å²) in [5, 5.41) is 8.62. The van der Waals surface area contributed by atoms with E-state index in [9.17, 15) is 9.59 Å². The molecule has 0 atom stereocenters. The van der Waals surface area contributed by atoms with Gasteiger partial charge in [0, 0.05) is 12.7 Å². The highest BCUT2D eigenvalue weighted by atomic mass is 16.5. The van der Waals surface area contributed by atoms with Gasteiger partial charge in [-0.1, -0.05) is 0 Å². The molecule has 0 unspecified atom stereocenters. The normalized spacial score (nSPS) is 10.5. The highest BCUT2D eigenvalue weighted by molar-refractivity contribution is 5.66. The molecule has 1 N–H and O–H groups in total. The number of carboxylic acids is 1. The second-order valence-electron chi connectivity index (χ2n) is 3.85. The van der Waals surface area contributed by atoms with Gasteiger partial charge in [-0.25, -0.2) is 0 Å². The molecule has 0 fully saturated rings. The Hall–Kier alpha value is -1.82. The van der Waals surface area contributed by atoms with Crippen molar-refractivity contribution in [2.45, 2.75) is 6.54 Å². The highest BCUT2D eigenvalue weighted by Crippen LogP contribution is 2.01. The lowest BCUT2D eigenvalue weighted by Crippen LogP contribution is -2.26. The summed E-state index contributed by atoms with van der Waals surface area (Å²) in [5.74, 6) is -0.881. The van der Waals surface area contributed by atoms with Gasteiger partial charge in [-0.15, -0.1) is 0 Å². The van der Waals surface area contributed by atoms with Gasteiger partial charge < -0.3 is 19.3 Å². The van der Waals surface area contributed by atoms with Crippen LogP contribution in [0.2, 0.25) is 0 Å². The third-order valence-corrected chi connectivity index (χ3v) is 2.09. The molecule has 0 aliphatic heterocycles. The minimum atomic E-state index is -1.06. The van der Waals surface area contributed by atoms with Gasteiger partial charge >= 0.3 is 5.97 Å². The van der Waals surface area contributed by atoms with Crippen LogP contribution in [0.3, 0.4) is 0 Å². The van der Waals surface area contributed by atoms with Crippen LogP contribution in [-0.2, 0) is 11.3 Å². The van der Waals surface area contributed by atoms with Crippen LogP contribution in [0.1, 0.15) is 0 Å². The Balaban J connectivity index is 2.73. The highest BCUT2D eigenvalue weighted by Gasteiger charge is 2.06. The molecule has 17 heavy (non-hydrogen) atoms. The average Bonchev–Trinajstić information content (AvgIpc) is 2.22. The van der Waals surface area contributed by atoms with Gasteiger partial charge in [0.1, 0.15) is 13.2 Å². The second kappa shape index (κ2) is 6.05. The van der Waals surface area contributed by atoms with Crippen LogP contribution in [0.5, 0.6) is 5.75 Å². The number of nitrogens with zero attached hydrogens (tertiary/aromatic N) is 2. The van der Waals surface area contributed by atoms with E-state index < -0.39 is 11.5 Å². The number of rotatable bonds is 6. The molecule has 0 aromatic carbocycles. The lowest BCUT2D eigenvalue weighted by Gasteiger charge is -2.11. The fourth-order valence-corrected chi connectivity index (χ4v) is 1.23. The molecule has 1 rings (SSSR count). The predicted molar refractivity (Wildman–Crippen MR) is 62.4 cm³/mol. The van der Waals surface area contributed by atoms with Crippen molar-refractivity contribution in [3.63, 3.8) is 0 Å². The van der Waals surface area contributed by atoms with E-state index in [1.165, 1.54) is 12.3 Å². The molecule has 1 aromatic rings. The molecule has 0 amide bonds. The lowest BCUT2D eigenvalue weighted by molar-refractivity contribution is -0.137. The molecule has 1 aromatic heterocycles. The Morgan fingerprint density at radius 3 is 2.82 bits per heavy atom. The maximum atomic E-state index is 11.7. The maximum absolute atomic E-state index is 11.7. The number of hydrogen-bond acceptors (Lipinski definition) is 4. The zero-order chi connectivity index (χ0) is 12.8. The molecule has 0 radical (unpaired) electrons. The SMILES string of the molecule is CN(C)CCOc1cccn(CC(=O)O)c1=O. The minimum Gasteiger partial charge on any atom is -0.487 e. The number of carboxylic acid groups (broad SMARTS) is 1. The van der Waals surface area contributed by atoms with Gasteiger partial charge in [-0.05, 0) is 26.2 Å². The van der Waals surface area contributed by atoms with Crippen LogP contribution in [0.25, 0.3) is 0 Å². The third-order valence-electron chi connectivity index (χ3n) is 2.09. The first kappa shape index (κ1) is 13.2. The average molecular weight is 240 g/mol. The fraction of sp³-hybridized carbons (Fsp3) is 0.455. The minimum absolute atomic E-state index is 0.176. The first-order chi connectivity index (χ1) is 8.00. The summed E-state index contributed by atoms with van der Waals surface area (Å²) in [5.41, 5.74) is -0.423. The van der Waals surface area contributed by atoms with Crippen LogP contribution >= 0.6 is 0 Å². The van der Waals surface area contributed by atoms with Crippen LogP contribution in [-0.4, -0.2) is 47.8 Å². The fourth-order valence-electron chi connectivity index (χ4n) is 1.23. The Kier molecular flexibility index (Phi) is 4.71. The number of carbonyl (C=O) groups is 1. The van der Waals surface area contributed by atoms with Gasteiger partial charge in [0.15, 0.2) is 5.75 Å². The Morgan fingerprint density at radius 2 is 2.24 bits per heavy atom. The van der Waals surface area contributed by atoms with Crippen molar-refractivity contribution >= 4 is 5.97 Å². The van der Waals surface area contributed by atoms with Crippen molar-refractivity contribution in [2.75, 3.05) is 27.2 Å². The molecule has 0 bridgehead atoms. The van der Waals surface area contributed by atoms with Gasteiger partial charge in [0.25, 0.3) is 5.56 Å². The molecule has 6 nitrogen and oxygen atoms in total. The van der Waals surface area contributed by atoms with E-state index in [-0.39, 0.29) is 12.3 Å². The predicted octanol–water partition coefficient (Wildman–Crippen LogP) is -0.127. The van der Waals surface area contributed by atoms with Gasteiger partial charge in [-0.2, -0.15) is 0 Å². The van der Waals surface area contributed by atoms with E-state index in [0.717, 1.165) is 4.57 Å². The number of hydrogen-bond donors (Lipinski definition) is 1. The summed E-state index contributed by atoms with van der Waals surface area (Å²) < 4.78 is 6.41. The van der Waals surface area contributed by atoms with Crippen LogP contribution < -0.4 is 10.3 Å². The monoisotopic (exact) mass is 240 g/mol. The Morgan fingerprint density at radius 1 is 1.53 bits per heavy atom. The molecule has 0 saturated carbocycles. The lowest BCUT2D eigenvalue weighted by atomic mass is 10.4. The maximum Gasteiger partial charge on any atom is 0.323 e. The number of aromatic nitrogens is 1. The van der Waals surface area contributed by atoms with Crippen molar-refractivity contribution in [1.82, 2.24) is 9.47 Å². The molecule has 0 aliphatic rings. The first-order valence-electron chi connectivity index (χ1n) is 5.19. The van der Waals surface area contributed by atoms with E-state index in [1.807, 2.05) is 19.0 Å². The van der Waals surface area contributed by atoms with E-state index in [0.29, 0.717) is 13.2 Å². The summed E-state index contributed by atoms with van der Waals surface area (Å²) in [4.78, 5) is 24.2. The van der Waals surface area contributed by atoms with E-state index in [4.69, 9.17) is 9.84 Å². The van der Waals surface area contributed by atoms with Crippen LogP contribution in [0, 0.1) is 0 Å². The molecule has 0 saturated heterocycles. The van der Waals surface area contributed by atoms with Crippen molar-refractivity contribution in [3.05, 3.63) is 28.7 Å². The zero-order valence-corrected chi connectivity index (χ0v) is 9.92. The summed E-state index contributed by atoms with van der Waals surface area (Å²) >= 11 is 0. The quantitative estimate of drug-likeness (QED) is 0.750. The number of ether oxygens (including phenoxy) is 1. The number of aliphatic carboxylic acids is 1. The molecule has 6 heteroatoms. The standard InChI is InChI=1S/C11H16N2O4/c1-12(2)6-7-17-9-4-3-5-13(11(9)16)8-10(14)15/h3-5H,6-8H2,1-2H3,(H,14,15). The van der Waals surface area contributed by atoms with Crippen molar-refractivity contribution in [2.24, 2.45) is 0 Å². The Labute approximate surface area is 99.0 Å². The van der Waals surface area contributed by atoms with Crippen molar-refractivity contribution in [1.29, 1.82) is 0 Å². The van der Waals surface area contributed by atoms with Crippen molar-refractivity contribution in [3.8, 4) is 5.75 Å². The molecular weight excluding hydrogens is 224 g/mol. The number of likely N-dealkylation sites (N-methyl/N-ethyl adjacent to an activating group) is 1. The van der Waals surface area contributed by atoms with E-state index in [2.05, 4.69) is 0 Å². The van der Waals surface area contributed by atoms with Crippen LogP contribution in [0.15, 0.2) is 23.1 Å². The molecular formula is C11H16N2O4. The first-order valence-corrected chi connectivity index (χ1v) is 5.19. The molecule has 0 aliphatic carbocycles. The van der Waals surface area contributed by atoms with Crippen LogP contribution in [0.4, 0.5) is 0 Å². The molecule has 94 valence electrons. The van der Waals surface area contributed by atoms with Gasteiger partial charge in [-0.3, -0.25) is 9.59 Å². The van der Waals surface area contributed by atoms with Crippen molar-refractivity contribution < 1.29 is 14.6 Å². The molecule has 0 spiro atoms. The van der Waals surface area contributed by atoms with Gasteiger partial charge in [0.2, 0.25) is 0 Å². The second-order valence-corrected chi connectivity index (χ2v) is 3.85. The summed E-state index contributed by atoms with van der Waals surface area (Å²) in [6, 6.07) is 3.13. The Bertz CT molecular complexity index is 439. The summed E-state index contributed by atoms with van der Waals surface area (Å²) in [7, 11) is 3.80. The van der Waals surface area contributed by atoms with Gasteiger partial charge in [0.05, 0.1) is 0 Å². The largest absolute Gasteiger partial charge is 0.487 e. The molecule has 1 heterocycles. The zero-order valence-electron chi connectivity index (χ0n) is 9.92. The van der Waals surface area contributed by atoms with E-state index in [1.54, 1.807) is 6.07 Å². The van der Waals surface area contributed by atoms with E-state index >= 15 is 0 Å².